The zero-order valence-corrected chi connectivity index (χ0v) is 35.0. The van der Waals surface area contributed by atoms with Crippen molar-refractivity contribution < 1.29 is 28.9 Å². The zero-order valence-electron chi connectivity index (χ0n) is 31.6. The van der Waals surface area contributed by atoms with Gasteiger partial charge in [0.15, 0.2) is 0 Å². The molecular weight excluding hydrogens is 836 g/mol. The van der Waals surface area contributed by atoms with Crippen LogP contribution in [0.1, 0.15) is 57.2 Å². The van der Waals surface area contributed by atoms with E-state index in [2.05, 4.69) is 103 Å². The molecular formula is C46H47FIrN2OSi-2. The Labute approximate surface area is 323 Å². The van der Waals surface area contributed by atoms with E-state index in [1.165, 1.54) is 34.0 Å². The molecule has 7 aromatic rings. The molecule has 0 amide bonds. The van der Waals surface area contributed by atoms with Crippen molar-refractivity contribution >= 4 is 35.2 Å². The van der Waals surface area contributed by atoms with Gasteiger partial charge >= 0.3 is 0 Å². The number of pyridine rings is 2. The van der Waals surface area contributed by atoms with Gasteiger partial charge in [-0.3, -0.25) is 0 Å². The van der Waals surface area contributed by atoms with E-state index in [-0.39, 0.29) is 31.3 Å². The van der Waals surface area contributed by atoms with E-state index in [0.717, 1.165) is 62.0 Å². The van der Waals surface area contributed by atoms with E-state index in [9.17, 15) is 4.39 Å². The maximum absolute atomic E-state index is 13.7. The normalized spacial score (nSPS) is 11.8. The van der Waals surface area contributed by atoms with E-state index in [1.807, 2.05) is 60.8 Å². The number of furan rings is 1. The van der Waals surface area contributed by atoms with Crippen molar-refractivity contribution in [2.75, 3.05) is 0 Å². The molecule has 269 valence electrons. The number of hydrogen-bond acceptors (Lipinski definition) is 3. The molecule has 0 N–H and O–H groups in total. The van der Waals surface area contributed by atoms with E-state index in [1.54, 1.807) is 6.07 Å². The van der Waals surface area contributed by atoms with Gasteiger partial charge in [0.2, 0.25) is 0 Å². The van der Waals surface area contributed by atoms with E-state index in [4.69, 9.17) is 9.40 Å². The Morgan fingerprint density at radius 3 is 2.21 bits per heavy atom. The maximum Gasteiger partial charge on any atom is 0.123 e. The van der Waals surface area contributed by atoms with Crippen LogP contribution in [0.4, 0.5) is 4.39 Å². The Balaban J connectivity index is 0.000000225. The summed E-state index contributed by atoms with van der Waals surface area (Å²) in [5, 5.41) is 3.53. The monoisotopic (exact) mass is 883 g/mol. The zero-order chi connectivity index (χ0) is 36.5. The number of benzene rings is 4. The van der Waals surface area contributed by atoms with Crippen molar-refractivity contribution in [1.82, 2.24) is 9.97 Å². The molecule has 0 atom stereocenters. The van der Waals surface area contributed by atoms with Gasteiger partial charge < -0.3 is 14.4 Å². The third kappa shape index (κ3) is 8.86. The first-order chi connectivity index (χ1) is 24.2. The first-order valence-corrected chi connectivity index (χ1v) is 21.2. The van der Waals surface area contributed by atoms with Gasteiger partial charge in [-0.1, -0.05) is 113 Å². The van der Waals surface area contributed by atoms with Gasteiger partial charge in [-0.25, -0.2) is 4.39 Å². The molecule has 3 aromatic heterocycles. The Morgan fingerprint density at radius 1 is 0.788 bits per heavy atom. The van der Waals surface area contributed by atoms with Crippen molar-refractivity contribution in [2.24, 2.45) is 5.41 Å². The van der Waals surface area contributed by atoms with Gasteiger partial charge in [-0.15, -0.1) is 54.1 Å². The van der Waals surface area contributed by atoms with Crippen molar-refractivity contribution in [3.8, 4) is 33.6 Å². The van der Waals surface area contributed by atoms with Crippen LogP contribution in [-0.4, -0.2) is 18.0 Å². The predicted molar refractivity (Wildman–Crippen MR) is 215 cm³/mol. The van der Waals surface area contributed by atoms with Crippen LogP contribution in [0, 0.1) is 30.3 Å². The molecule has 3 heterocycles. The SMILES string of the molecule is CC(C)c1cc(-c2[c-]cccc2)ncc1[Si](C)(C)C.Cc1cnc(-c2[c-]ccc3c2oc2cc(-c4cccc(F)c4)ccc23)cc1CC(C)(C)C.[Ir]. The molecule has 1 radical (unpaired) electrons. The van der Waals surface area contributed by atoms with E-state index in [0.29, 0.717) is 5.92 Å². The van der Waals surface area contributed by atoms with Crippen LogP contribution in [0.3, 0.4) is 0 Å². The third-order valence-corrected chi connectivity index (χ3v) is 11.2. The average Bonchev–Trinajstić information content (AvgIpc) is 3.47. The number of aryl methyl sites for hydroxylation is 1. The van der Waals surface area contributed by atoms with E-state index >= 15 is 0 Å². The van der Waals surface area contributed by atoms with Crippen molar-refractivity contribution in [3.63, 3.8) is 0 Å². The van der Waals surface area contributed by atoms with Crippen LogP contribution in [-0.2, 0) is 26.5 Å². The van der Waals surface area contributed by atoms with Crippen LogP contribution < -0.4 is 5.19 Å². The third-order valence-electron chi connectivity index (χ3n) is 9.13. The molecule has 4 aromatic carbocycles. The van der Waals surface area contributed by atoms with Crippen LogP contribution in [0.25, 0.3) is 55.6 Å². The van der Waals surface area contributed by atoms with Crippen LogP contribution in [0.2, 0.25) is 19.6 Å². The molecule has 6 heteroatoms. The molecule has 0 fully saturated rings. The topological polar surface area (TPSA) is 38.9 Å². The second kappa shape index (κ2) is 15.8. The minimum atomic E-state index is -1.34. The Bertz CT molecular complexity index is 2320. The van der Waals surface area contributed by atoms with Crippen LogP contribution >= 0.6 is 0 Å². The molecule has 7 rings (SSSR count). The molecule has 0 aliphatic heterocycles. The summed E-state index contributed by atoms with van der Waals surface area (Å²) in [6, 6.07) is 35.6. The Kier molecular flexibility index (Phi) is 11.8. The van der Waals surface area contributed by atoms with Gasteiger partial charge in [0.1, 0.15) is 11.4 Å². The van der Waals surface area contributed by atoms with Crippen molar-refractivity contribution in [2.45, 2.75) is 73.5 Å². The van der Waals surface area contributed by atoms with Gasteiger partial charge in [-0.2, -0.15) is 0 Å². The number of fused-ring (bicyclic) bond motifs is 3. The first kappa shape index (κ1) is 39.0. The smallest absolute Gasteiger partial charge is 0.123 e. The standard InChI is InChI=1S/C29H25FNO.C17H22NSi.Ir/c1-18-17-31-26(14-21(18)16-29(2,3)4)25-10-6-9-24-23-12-11-20(15-27(23)32-28(24)25)19-7-5-8-22(30)13-19;1-13(2)15-11-16(14-9-7-6-8-10-14)18-12-17(15)19(3,4)5;/h5-9,11-15,17H,16H2,1-4H3;6-9,11-13H,1-5H3;/q2*-1;. The minimum absolute atomic E-state index is 0. The van der Waals surface area contributed by atoms with Crippen molar-refractivity contribution in [1.29, 1.82) is 0 Å². The second-order valence-electron chi connectivity index (χ2n) is 16.0. The number of halogens is 1. The Morgan fingerprint density at radius 2 is 1.54 bits per heavy atom. The fraction of sp³-hybridized carbons (Fsp3) is 0.261. The fourth-order valence-corrected chi connectivity index (χ4v) is 8.20. The number of rotatable bonds is 6. The average molecular weight is 883 g/mol. The summed E-state index contributed by atoms with van der Waals surface area (Å²) < 4.78 is 20.0. The summed E-state index contributed by atoms with van der Waals surface area (Å²) in [5.41, 5.74) is 11.2. The van der Waals surface area contributed by atoms with Crippen LogP contribution in [0.5, 0.6) is 0 Å². The number of hydrogen-bond donors (Lipinski definition) is 0. The molecule has 0 aliphatic carbocycles. The molecule has 0 aliphatic rings. The quantitative estimate of drug-likeness (QED) is 0.123. The molecule has 0 unspecified atom stereocenters. The second-order valence-corrected chi connectivity index (χ2v) is 21.0. The predicted octanol–water partition coefficient (Wildman–Crippen LogP) is 12.4. The number of nitrogens with zero attached hydrogens (tertiary/aromatic N) is 2. The largest absolute Gasteiger partial charge is 0.501 e. The number of aromatic nitrogens is 2. The molecule has 0 bridgehead atoms. The van der Waals surface area contributed by atoms with E-state index < -0.39 is 8.07 Å². The Hall–Kier alpha value is -4.22. The van der Waals surface area contributed by atoms with Crippen molar-refractivity contribution in [3.05, 3.63) is 138 Å². The molecule has 0 spiro atoms. The summed E-state index contributed by atoms with van der Waals surface area (Å²) in [4.78, 5) is 9.36. The fourth-order valence-electron chi connectivity index (χ4n) is 6.52. The first-order valence-electron chi connectivity index (χ1n) is 17.7. The van der Waals surface area contributed by atoms with Gasteiger partial charge in [0.05, 0.1) is 13.7 Å². The summed E-state index contributed by atoms with van der Waals surface area (Å²) in [6.07, 6.45) is 5.01. The molecule has 3 nitrogen and oxygen atoms in total. The molecule has 0 saturated heterocycles. The molecule has 52 heavy (non-hydrogen) atoms. The summed E-state index contributed by atoms with van der Waals surface area (Å²) >= 11 is 0. The summed E-state index contributed by atoms with van der Waals surface area (Å²) in [6.45, 7) is 20.5. The molecule has 0 saturated carbocycles. The maximum atomic E-state index is 13.7. The summed E-state index contributed by atoms with van der Waals surface area (Å²) in [7, 11) is -1.34. The van der Waals surface area contributed by atoms with Crippen LogP contribution in [0.15, 0.2) is 108 Å². The summed E-state index contributed by atoms with van der Waals surface area (Å²) in [5.74, 6) is 0.285. The van der Waals surface area contributed by atoms with Gasteiger partial charge in [0.25, 0.3) is 0 Å². The van der Waals surface area contributed by atoms with Gasteiger partial charge in [0, 0.05) is 37.9 Å². The minimum Gasteiger partial charge on any atom is -0.501 e. The van der Waals surface area contributed by atoms with Gasteiger partial charge in [-0.05, 0) is 76.1 Å².